The summed E-state index contributed by atoms with van der Waals surface area (Å²) in [7, 11) is 0. The molecule has 0 aliphatic rings. The zero-order valence-electron chi connectivity index (χ0n) is 24.3. The van der Waals surface area contributed by atoms with E-state index in [1.54, 1.807) is 78.9 Å². The number of amides is 1. The topological polar surface area (TPSA) is 157 Å². The third-order valence-electron chi connectivity index (χ3n) is 6.49. The van der Waals surface area contributed by atoms with Gasteiger partial charge in [0.2, 0.25) is 0 Å². The maximum absolute atomic E-state index is 13.2. The van der Waals surface area contributed by atoms with Crippen LogP contribution in [0.25, 0.3) is 0 Å². The van der Waals surface area contributed by atoms with Gasteiger partial charge in [0.1, 0.15) is 19.8 Å². The van der Waals surface area contributed by atoms with Gasteiger partial charge in [0.05, 0.1) is 32.5 Å². The van der Waals surface area contributed by atoms with E-state index in [9.17, 15) is 28.8 Å². The molecule has 234 valence electrons. The molecule has 1 heterocycles. The number of nitrogens with one attached hydrogen (secondary N) is 1. The summed E-state index contributed by atoms with van der Waals surface area (Å²) in [6.07, 6.45) is -0.814. The van der Waals surface area contributed by atoms with Gasteiger partial charge in [-0.05, 0) is 23.3 Å². The van der Waals surface area contributed by atoms with Crippen LogP contribution in [0.5, 0.6) is 0 Å². The number of ether oxygens (including phenoxy) is 3. The molecular formula is C32H32N4O9. The Morgan fingerprint density at radius 1 is 0.511 bits per heavy atom. The Balaban J connectivity index is 1.45. The highest BCUT2D eigenvalue weighted by Crippen LogP contribution is 2.05. The molecular weight excluding hydrogens is 584 g/mol. The number of benzene rings is 3. The van der Waals surface area contributed by atoms with Crippen LogP contribution in [-0.4, -0.2) is 51.6 Å². The number of esters is 2. The van der Waals surface area contributed by atoms with E-state index in [2.05, 4.69) is 5.32 Å². The normalized spacial score (nSPS) is 10.6. The van der Waals surface area contributed by atoms with E-state index in [0.29, 0.717) is 5.69 Å². The first-order chi connectivity index (χ1) is 21.8. The van der Waals surface area contributed by atoms with Crippen LogP contribution >= 0.6 is 0 Å². The van der Waals surface area contributed by atoms with Gasteiger partial charge in [-0.25, -0.2) is 32.9 Å². The summed E-state index contributed by atoms with van der Waals surface area (Å²) in [5.74, 6) is -1.13. The van der Waals surface area contributed by atoms with Gasteiger partial charge in [0, 0.05) is 5.69 Å². The van der Waals surface area contributed by atoms with Crippen LogP contribution in [0, 0.1) is 0 Å². The second-order valence-corrected chi connectivity index (χ2v) is 9.70. The van der Waals surface area contributed by atoms with Crippen molar-refractivity contribution in [1.29, 1.82) is 0 Å². The maximum Gasteiger partial charge on any atom is 0.411 e. The zero-order valence-corrected chi connectivity index (χ0v) is 24.3. The Morgan fingerprint density at radius 3 is 1.27 bits per heavy atom. The third-order valence-corrected chi connectivity index (χ3v) is 6.49. The molecule has 1 amide bonds. The summed E-state index contributed by atoms with van der Waals surface area (Å²) in [6.45, 7) is -2.07. The highest BCUT2D eigenvalue weighted by molar-refractivity contribution is 5.84. The van der Waals surface area contributed by atoms with Crippen LogP contribution in [0.3, 0.4) is 0 Å². The van der Waals surface area contributed by atoms with Crippen molar-refractivity contribution in [2.24, 2.45) is 0 Å². The molecule has 0 aliphatic carbocycles. The van der Waals surface area contributed by atoms with E-state index < -0.39 is 35.1 Å². The smallest absolute Gasteiger partial charge is 0.411 e. The van der Waals surface area contributed by atoms with E-state index in [1.165, 1.54) is 0 Å². The summed E-state index contributed by atoms with van der Waals surface area (Å²) in [5, 5.41) is 2.52. The van der Waals surface area contributed by atoms with Crippen molar-refractivity contribution in [2.45, 2.75) is 32.5 Å². The Labute approximate surface area is 257 Å². The van der Waals surface area contributed by atoms with Crippen molar-refractivity contribution >= 4 is 23.7 Å². The minimum atomic E-state index is -0.978. The van der Waals surface area contributed by atoms with E-state index in [4.69, 9.17) is 14.2 Å². The van der Waals surface area contributed by atoms with Crippen molar-refractivity contribution in [2.75, 3.05) is 25.1 Å². The summed E-state index contributed by atoms with van der Waals surface area (Å²) < 4.78 is 17.8. The lowest BCUT2D eigenvalue weighted by atomic mass is 10.2. The molecule has 0 fully saturated rings. The number of rotatable bonds is 14. The van der Waals surface area contributed by atoms with Gasteiger partial charge < -0.3 is 14.2 Å². The van der Waals surface area contributed by atoms with Crippen LogP contribution in [-0.2, 0) is 56.3 Å². The number of anilines is 1. The van der Waals surface area contributed by atoms with Crippen LogP contribution in [0.2, 0.25) is 0 Å². The Hall–Kier alpha value is -5.72. The van der Waals surface area contributed by atoms with Gasteiger partial charge in [0.15, 0.2) is 0 Å². The summed E-state index contributed by atoms with van der Waals surface area (Å²) in [4.78, 5) is 76.4. The number of carbonyl (C=O) groups excluding carboxylic acids is 3. The Kier molecular flexibility index (Phi) is 11.6. The lowest BCUT2D eigenvalue weighted by molar-refractivity contribution is -0.143. The first-order valence-corrected chi connectivity index (χ1v) is 14.1. The molecule has 0 unspecified atom stereocenters. The highest BCUT2D eigenvalue weighted by Gasteiger charge is 2.17. The molecule has 4 rings (SSSR count). The fourth-order valence-corrected chi connectivity index (χ4v) is 4.29. The number of hydrogen-bond acceptors (Lipinski definition) is 9. The summed E-state index contributed by atoms with van der Waals surface area (Å²) >= 11 is 0. The molecule has 13 nitrogen and oxygen atoms in total. The van der Waals surface area contributed by atoms with Crippen LogP contribution in [0.1, 0.15) is 11.1 Å². The van der Waals surface area contributed by atoms with Gasteiger partial charge in [-0.1, -0.05) is 78.9 Å². The van der Waals surface area contributed by atoms with Gasteiger partial charge in [-0.2, -0.15) is 0 Å². The lowest BCUT2D eigenvalue weighted by Crippen LogP contribution is -2.55. The summed E-state index contributed by atoms with van der Waals surface area (Å²) in [5.41, 5.74) is -0.981. The van der Waals surface area contributed by atoms with Crippen molar-refractivity contribution in [3.63, 3.8) is 0 Å². The second-order valence-electron chi connectivity index (χ2n) is 9.70. The lowest BCUT2D eigenvalue weighted by Gasteiger charge is -2.15. The molecule has 0 saturated heterocycles. The van der Waals surface area contributed by atoms with Gasteiger partial charge in [0.25, 0.3) is 0 Å². The molecule has 0 bridgehead atoms. The highest BCUT2D eigenvalue weighted by atomic mass is 16.6. The number of carbonyl (C=O) groups is 3. The molecule has 4 aromatic rings. The minimum absolute atomic E-state index is 0.00377. The minimum Gasteiger partial charge on any atom is -0.464 e. The molecule has 13 heteroatoms. The predicted molar refractivity (Wildman–Crippen MR) is 163 cm³/mol. The molecule has 1 aromatic heterocycles. The van der Waals surface area contributed by atoms with Crippen molar-refractivity contribution in [3.8, 4) is 0 Å². The van der Waals surface area contributed by atoms with E-state index in [1.807, 2.05) is 12.1 Å². The van der Waals surface area contributed by atoms with Gasteiger partial charge in [-0.3, -0.25) is 14.9 Å². The van der Waals surface area contributed by atoms with Crippen molar-refractivity contribution in [3.05, 3.63) is 134 Å². The molecule has 0 atom stereocenters. The third kappa shape index (κ3) is 9.64. The molecule has 0 saturated carbocycles. The molecule has 45 heavy (non-hydrogen) atoms. The monoisotopic (exact) mass is 616 g/mol. The van der Waals surface area contributed by atoms with Crippen LogP contribution < -0.4 is 22.4 Å². The molecule has 3 aromatic carbocycles. The first kappa shape index (κ1) is 32.2. The molecule has 0 spiro atoms. The Bertz CT molecular complexity index is 1530. The fraction of sp³-hybridized carbons (Fsp3) is 0.250. The van der Waals surface area contributed by atoms with E-state index in [-0.39, 0.29) is 52.3 Å². The SMILES string of the molecule is O=C(Cc1ccccc1)OCCn1c(=O)n(CCOC(=O)Cc2ccccc2)c(=O)n(CCOC(=O)Nc2ccccc2)c1=O. The second kappa shape index (κ2) is 16.2. The maximum atomic E-state index is 13.2. The number of hydrogen-bond donors (Lipinski definition) is 1. The quantitative estimate of drug-likeness (QED) is 0.165. The van der Waals surface area contributed by atoms with Gasteiger partial charge in [-0.15, -0.1) is 0 Å². The van der Waals surface area contributed by atoms with Crippen molar-refractivity contribution in [1.82, 2.24) is 13.7 Å². The van der Waals surface area contributed by atoms with Crippen LogP contribution in [0.15, 0.2) is 105 Å². The number of para-hydroxylation sites is 1. The summed E-state index contributed by atoms with van der Waals surface area (Å²) in [6, 6.07) is 26.3. The number of nitrogens with zero attached hydrogens (tertiary/aromatic N) is 3. The molecule has 0 radical (unpaired) electrons. The standard InChI is InChI=1S/C32H32N4O9/c37-27(22-24-10-4-1-5-11-24)43-19-16-34-30(40)35(17-20-44-28(38)23-25-12-6-2-7-13-25)32(42)36(31(34)41)18-21-45-29(39)33-26-14-8-3-9-15-26/h1-15H,16-23H2,(H,33,39). The average molecular weight is 617 g/mol. The zero-order chi connectivity index (χ0) is 32.0. The molecule has 0 aliphatic heterocycles. The van der Waals surface area contributed by atoms with Crippen molar-refractivity contribution < 1.29 is 28.6 Å². The average Bonchev–Trinajstić information content (AvgIpc) is 3.03. The van der Waals surface area contributed by atoms with E-state index in [0.717, 1.165) is 24.8 Å². The number of aromatic nitrogens is 3. The Morgan fingerprint density at radius 2 is 0.867 bits per heavy atom. The first-order valence-electron chi connectivity index (χ1n) is 14.1. The fourth-order valence-electron chi connectivity index (χ4n) is 4.29. The van der Waals surface area contributed by atoms with Crippen LogP contribution in [0.4, 0.5) is 10.5 Å². The molecule has 1 N–H and O–H groups in total. The predicted octanol–water partition coefficient (Wildman–Crippen LogP) is 1.99. The van der Waals surface area contributed by atoms with E-state index >= 15 is 0 Å². The largest absolute Gasteiger partial charge is 0.464 e. The van der Waals surface area contributed by atoms with Gasteiger partial charge >= 0.3 is 35.1 Å².